The van der Waals surface area contributed by atoms with Crippen LogP contribution in [0.15, 0.2) is 30.6 Å². The Morgan fingerprint density at radius 2 is 1.39 bits per heavy atom. The first kappa shape index (κ1) is 15.2. The summed E-state index contributed by atoms with van der Waals surface area (Å²) in [6, 6.07) is 6.40. The van der Waals surface area contributed by atoms with Crippen LogP contribution in [0, 0.1) is 0 Å². The fourth-order valence-corrected chi connectivity index (χ4v) is 2.63. The van der Waals surface area contributed by atoms with Crippen molar-refractivity contribution in [3.05, 3.63) is 30.6 Å². The Balaban J connectivity index is 2.63. The van der Waals surface area contributed by atoms with E-state index >= 15 is 0 Å². The second-order valence-electron chi connectivity index (χ2n) is 5.69. The van der Waals surface area contributed by atoms with E-state index in [0.29, 0.717) is 5.54 Å². The number of rotatable bonds is 9. The highest BCUT2D eigenvalue weighted by Crippen LogP contribution is 2.24. The average molecular weight is 248 g/mol. The molecule has 0 saturated carbocycles. The monoisotopic (exact) mass is 248 g/mol. The lowest BCUT2D eigenvalue weighted by Gasteiger charge is -2.24. The van der Waals surface area contributed by atoms with Crippen LogP contribution in [0.25, 0.3) is 0 Å². The number of hydrogen-bond donors (Lipinski definition) is 0. The van der Waals surface area contributed by atoms with Gasteiger partial charge in [-0.3, -0.25) is 0 Å². The molecule has 102 valence electrons. The van der Waals surface area contributed by atoms with Crippen molar-refractivity contribution in [2.75, 3.05) is 0 Å². The quantitative estimate of drug-likeness (QED) is 0.434. The third-order valence-electron chi connectivity index (χ3n) is 3.98. The van der Waals surface area contributed by atoms with E-state index in [4.69, 9.17) is 0 Å². The van der Waals surface area contributed by atoms with E-state index in [1.807, 2.05) is 0 Å². The SMILES string of the molecule is CCCCCCC(C)(CCCC)[n+]1ccccc1. The van der Waals surface area contributed by atoms with Gasteiger partial charge < -0.3 is 0 Å². The summed E-state index contributed by atoms with van der Waals surface area (Å²) >= 11 is 0. The van der Waals surface area contributed by atoms with Crippen LogP contribution >= 0.6 is 0 Å². The van der Waals surface area contributed by atoms with Crippen molar-refractivity contribution in [3.63, 3.8) is 0 Å². The first-order valence-corrected chi connectivity index (χ1v) is 7.69. The van der Waals surface area contributed by atoms with E-state index in [1.54, 1.807) is 0 Å². The minimum atomic E-state index is 0.311. The summed E-state index contributed by atoms with van der Waals surface area (Å²) in [7, 11) is 0. The lowest BCUT2D eigenvalue weighted by Crippen LogP contribution is -2.53. The molecule has 0 aliphatic carbocycles. The summed E-state index contributed by atoms with van der Waals surface area (Å²) in [6.07, 6.45) is 15.1. The third kappa shape index (κ3) is 4.80. The predicted octanol–water partition coefficient (Wildman–Crippen LogP) is 4.85. The molecule has 0 radical (unpaired) electrons. The zero-order valence-corrected chi connectivity index (χ0v) is 12.5. The highest BCUT2D eigenvalue weighted by Gasteiger charge is 2.32. The Bertz CT molecular complexity index is 307. The smallest absolute Gasteiger partial charge is 0.169 e. The molecular weight excluding hydrogens is 218 g/mol. The van der Waals surface area contributed by atoms with Gasteiger partial charge in [0.15, 0.2) is 17.9 Å². The molecule has 0 saturated heterocycles. The summed E-state index contributed by atoms with van der Waals surface area (Å²) in [4.78, 5) is 0. The van der Waals surface area contributed by atoms with Gasteiger partial charge in [-0.05, 0) is 12.8 Å². The highest BCUT2D eigenvalue weighted by molar-refractivity contribution is 4.85. The summed E-state index contributed by atoms with van der Waals surface area (Å²) in [5.41, 5.74) is 0.311. The molecule has 1 aromatic heterocycles. The molecule has 1 nitrogen and oxygen atoms in total. The number of unbranched alkanes of at least 4 members (excludes halogenated alkanes) is 4. The van der Waals surface area contributed by atoms with Gasteiger partial charge in [0.1, 0.15) is 0 Å². The van der Waals surface area contributed by atoms with E-state index in [-0.39, 0.29) is 0 Å². The van der Waals surface area contributed by atoms with E-state index in [9.17, 15) is 0 Å². The van der Waals surface area contributed by atoms with Gasteiger partial charge in [-0.2, -0.15) is 0 Å². The van der Waals surface area contributed by atoms with Crippen LogP contribution in [0.2, 0.25) is 0 Å². The molecule has 1 rings (SSSR count). The average Bonchev–Trinajstić information content (AvgIpc) is 2.42. The highest BCUT2D eigenvalue weighted by atomic mass is 15.0. The van der Waals surface area contributed by atoms with Gasteiger partial charge in [0.2, 0.25) is 0 Å². The van der Waals surface area contributed by atoms with Crippen LogP contribution in [-0.4, -0.2) is 0 Å². The molecule has 18 heavy (non-hydrogen) atoms. The lowest BCUT2D eigenvalue weighted by atomic mass is 9.88. The molecule has 0 aromatic carbocycles. The van der Waals surface area contributed by atoms with E-state index < -0.39 is 0 Å². The van der Waals surface area contributed by atoms with Crippen molar-refractivity contribution in [3.8, 4) is 0 Å². The molecule has 0 amide bonds. The number of hydrogen-bond acceptors (Lipinski definition) is 0. The van der Waals surface area contributed by atoms with Crippen molar-refractivity contribution >= 4 is 0 Å². The molecule has 1 heterocycles. The van der Waals surface area contributed by atoms with Crippen molar-refractivity contribution in [1.82, 2.24) is 0 Å². The van der Waals surface area contributed by atoms with Crippen molar-refractivity contribution in [2.24, 2.45) is 0 Å². The summed E-state index contributed by atoms with van der Waals surface area (Å²) < 4.78 is 2.43. The third-order valence-corrected chi connectivity index (χ3v) is 3.98. The van der Waals surface area contributed by atoms with Crippen LogP contribution < -0.4 is 4.57 Å². The number of pyridine rings is 1. The Hall–Kier alpha value is -0.850. The fraction of sp³-hybridized carbons (Fsp3) is 0.706. The Morgan fingerprint density at radius 1 is 0.778 bits per heavy atom. The largest absolute Gasteiger partial charge is 0.200 e. The first-order chi connectivity index (χ1) is 8.73. The molecule has 0 aliphatic rings. The Labute approximate surface area is 113 Å². The van der Waals surface area contributed by atoms with Crippen molar-refractivity contribution in [2.45, 2.75) is 77.7 Å². The van der Waals surface area contributed by atoms with Crippen molar-refractivity contribution < 1.29 is 4.57 Å². The summed E-state index contributed by atoms with van der Waals surface area (Å²) in [5.74, 6) is 0. The summed E-state index contributed by atoms with van der Waals surface area (Å²) in [6.45, 7) is 6.99. The second-order valence-corrected chi connectivity index (χ2v) is 5.69. The maximum atomic E-state index is 2.43. The maximum Gasteiger partial charge on any atom is 0.169 e. The van der Waals surface area contributed by atoms with Gasteiger partial charge in [0.25, 0.3) is 0 Å². The van der Waals surface area contributed by atoms with E-state index in [1.165, 1.54) is 51.4 Å². The Kier molecular flexibility index (Phi) is 7.00. The predicted molar refractivity (Wildman–Crippen MR) is 78.6 cm³/mol. The number of nitrogens with zero attached hydrogens (tertiary/aromatic N) is 1. The zero-order chi connectivity index (χ0) is 13.3. The van der Waals surface area contributed by atoms with Gasteiger partial charge >= 0.3 is 0 Å². The standard InChI is InChI=1S/C17H30N/c1-4-6-8-10-14-17(3,13-7-5-2)18-15-11-9-12-16-18/h9,11-12,15-16H,4-8,10,13-14H2,1-3H3/q+1. The topological polar surface area (TPSA) is 3.88 Å². The van der Waals surface area contributed by atoms with Crippen molar-refractivity contribution in [1.29, 1.82) is 0 Å². The summed E-state index contributed by atoms with van der Waals surface area (Å²) in [5, 5.41) is 0. The molecule has 0 spiro atoms. The van der Waals surface area contributed by atoms with Gasteiger partial charge in [0.05, 0.1) is 0 Å². The Morgan fingerprint density at radius 3 is 2.00 bits per heavy atom. The van der Waals surface area contributed by atoms with E-state index in [2.05, 4.69) is 55.9 Å². The van der Waals surface area contributed by atoms with Gasteiger partial charge in [-0.1, -0.05) is 45.6 Å². The van der Waals surface area contributed by atoms with Crippen LogP contribution in [0.5, 0.6) is 0 Å². The fourth-order valence-electron chi connectivity index (χ4n) is 2.63. The molecule has 1 unspecified atom stereocenters. The molecule has 0 N–H and O–H groups in total. The van der Waals surface area contributed by atoms with Crippen LogP contribution in [-0.2, 0) is 5.54 Å². The first-order valence-electron chi connectivity index (χ1n) is 7.69. The van der Waals surface area contributed by atoms with Crippen LogP contribution in [0.4, 0.5) is 0 Å². The molecule has 0 bridgehead atoms. The minimum absolute atomic E-state index is 0.311. The number of aromatic nitrogens is 1. The normalized spacial score (nSPS) is 14.4. The van der Waals surface area contributed by atoms with Gasteiger partial charge in [-0.15, -0.1) is 0 Å². The molecule has 0 fully saturated rings. The molecule has 1 heteroatoms. The van der Waals surface area contributed by atoms with Gasteiger partial charge in [0, 0.05) is 31.9 Å². The molecule has 1 atom stereocenters. The zero-order valence-electron chi connectivity index (χ0n) is 12.5. The second kappa shape index (κ2) is 8.29. The molecule has 1 aromatic rings. The van der Waals surface area contributed by atoms with Crippen LogP contribution in [0.1, 0.15) is 72.1 Å². The minimum Gasteiger partial charge on any atom is -0.200 e. The lowest BCUT2D eigenvalue weighted by molar-refractivity contribution is -0.763. The van der Waals surface area contributed by atoms with E-state index in [0.717, 1.165) is 0 Å². The maximum absolute atomic E-state index is 2.43. The molecule has 0 aliphatic heterocycles. The van der Waals surface area contributed by atoms with Gasteiger partial charge in [-0.25, -0.2) is 4.57 Å². The molecular formula is C17H30N+. The van der Waals surface area contributed by atoms with Crippen LogP contribution in [0.3, 0.4) is 0 Å².